The van der Waals surface area contributed by atoms with Crippen LogP contribution in [-0.2, 0) is 14.3 Å². The number of benzene rings is 2. The predicted octanol–water partition coefficient (Wildman–Crippen LogP) is 5.11. The molecular formula is C29H33NO6. The number of aromatic hydroxyl groups is 1. The number of rotatable bonds is 7. The number of ether oxygens (including phenoxy) is 3. The number of carbonyl (C=O) groups is 2. The molecule has 2 aromatic carbocycles. The average Bonchev–Trinajstić information content (AvgIpc) is 2.86. The van der Waals surface area contributed by atoms with E-state index >= 15 is 0 Å². The number of ketones is 1. The molecular weight excluding hydrogens is 458 g/mol. The van der Waals surface area contributed by atoms with Gasteiger partial charge in [0.1, 0.15) is 5.75 Å². The van der Waals surface area contributed by atoms with Crippen LogP contribution in [0.2, 0.25) is 0 Å². The van der Waals surface area contributed by atoms with Crippen molar-refractivity contribution in [3.8, 4) is 17.2 Å². The molecule has 1 aliphatic carbocycles. The Morgan fingerprint density at radius 3 is 2.50 bits per heavy atom. The first-order chi connectivity index (χ1) is 17.3. The van der Waals surface area contributed by atoms with Gasteiger partial charge in [-0.2, -0.15) is 0 Å². The SMILES string of the molecule is CCC(C)OC(=O)C1=C(C)NC2=C(C(=O)CC(c3ccc(OC)c(OC)c3)C2)C1c1cccc(O)c1. The van der Waals surface area contributed by atoms with Crippen LogP contribution in [0, 0.1) is 0 Å². The molecule has 190 valence electrons. The lowest BCUT2D eigenvalue weighted by Gasteiger charge is -2.37. The van der Waals surface area contributed by atoms with E-state index in [4.69, 9.17) is 14.2 Å². The Hall–Kier alpha value is -3.74. The highest BCUT2D eigenvalue weighted by Crippen LogP contribution is 2.47. The minimum Gasteiger partial charge on any atom is -0.508 e. The number of carbonyl (C=O) groups excluding carboxylic acids is 2. The molecule has 0 fully saturated rings. The third kappa shape index (κ3) is 4.83. The van der Waals surface area contributed by atoms with Gasteiger partial charge in [-0.15, -0.1) is 0 Å². The first-order valence-electron chi connectivity index (χ1n) is 12.2. The summed E-state index contributed by atoms with van der Waals surface area (Å²) >= 11 is 0. The average molecular weight is 492 g/mol. The highest BCUT2D eigenvalue weighted by atomic mass is 16.5. The molecule has 1 aliphatic heterocycles. The number of hydrogen-bond acceptors (Lipinski definition) is 7. The molecule has 2 aliphatic rings. The highest BCUT2D eigenvalue weighted by molar-refractivity contribution is 6.04. The molecule has 0 radical (unpaired) electrons. The van der Waals surface area contributed by atoms with E-state index in [9.17, 15) is 14.7 Å². The second-order valence-corrected chi connectivity index (χ2v) is 9.35. The van der Waals surface area contributed by atoms with Crippen molar-refractivity contribution in [2.75, 3.05) is 14.2 Å². The van der Waals surface area contributed by atoms with E-state index in [0.717, 1.165) is 11.3 Å². The Morgan fingerprint density at radius 1 is 1.08 bits per heavy atom. The molecule has 7 nitrogen and oxygen atoms in total. The number of methoxy groups -OCH3 is 2. The number of nitrogens with one attached hydrogen (secondary N) is 1. The summed E-state index contributed by atoms with van der Waals surface area (Å²) in [5, 5.41) is 13.5. The van der Waals surface area contributed by atoms with Crippen LogP contribution in [0.3, 0.4) is 0 Å². The number of phenols is 1. The quantitative estimate of drug-likeness (QED) is 0.520. The normalized spacial score (nSPS) is 20.4. The first kappa shape index (κ1) is 25.4. The van der Waals surface area contributed by atoms with Crippen LogP contribution in [0.1, 0.15) is 63.0 Å². The topological polar surface area (TPSA) is 94.1 Å². The Kier molecular flexibility index (Phi) is 7.38. The van der Waals surface area contributed by atoms with Gasteiger partial charge in [0.25, 0.3) is 0 Å². The van der Waals surface area contributed by atoms with E-state index < -0.39 is 11.9 Å². The van der Waals surface area contributed by atoms with Gasteiger partial charge >= 0.3 is 5.97 Å². The zero-order chi connectivity index (χ0) is 26.0. The second-order valence-electron chi connectivity index (χ2n) is 9.35. The van der Waals surface area contributed by atoms with E-state index in [2.05, 4.69) is 5.32 Å². The molecule has 4 rings (SSSR count). The summed E-state index contributed by atoms with van der Waals surface area (Å²) in [4.78, 5) is 27.0. The lowest BCUT2D eigenvalue weighted by molar-refractivity contribution is -0.144. The fourth-order valence-corrected chi connectivity index (χ4v) is 5.02. The summed E-state index contributed by atoms with van der Waals surface area (Å²) in [5.41, 5.74) is 4.05. The standard InChI is InChI=1S/C29H33NO6/c1-6-16(2)36-29(33)26-17(3)30-22-13-20(18-10-11-24(34-4)25(15-18)35-5)14-23(32)28(22)27(26)19-8-7-9-21(31)12-19/h7-12,15-16,20,27,30-31H,6,13-14H2,1-5H3. The van der Waals surface area contributed by atoms with Crippen LogP contribution in [-0.4, -0.2) is 37.2 Å². The molecule has 3 atom stereocenters. The molecule has 0 aromatic heterocycles. The van der Waals surface area contributed by atoms with Crippen LogP contribution in [0.15, 0.2) is 65.0 Å². The van der Waals surface area contributed by atoms with E-state index in [0.29, 0.717) is 46.7 Å². The molecule has 2 N–H and O–H groups in total. The van der Waals surface area contributed by atoms with Gasteiger partial charge in [0.05, 0.1) is 25.9 Å². The smallest absolute Gasteiger partial charge is 0.337 e. The molecule has 0 amide bonds. The van der Waals surface area contributed by atoms with E-state index in [-0.39, 0.29) is 30.0 Å². The van der Waals surface area contributed by atoms with E-state index in [1.807, 2.05) is 45.0 Å². The maximum Gasteiger partial charge on any atom is 0.337 e. The summed E-state index contributed by atoms with van der Waals surface area (Å²) in [5.74, 6) is 0.140. The molecule has 0 spiro atoms. The number of phenolic OH excluding ortho intramolecular Hbond substituents is 1. The number of Topliss-reactive ketones (excluding diaryl/α,β-unsaturated/α-hetero) is 1. The van der Waals surface area contributed by atoms with Gasteiger partial charge in [0.2, 0.25) is 0 Å². The molecule has 1 heterocycles. The predicted molar refractivity (Wildman–Crippen MR) is 136 cm³/mol. The summed E-state index contributed by atoms with van der Waals surface area (Å²) < 4.78 is 16.5. The minimum atomic E-state index is -0.622. The Bertz CT molecular complexity index is 1240. The van der Waals surface area contributed by atoms with Crippen molar-refractivity contribution in [2.45, 2.75) is 58.0 Å². The summed E-state index contributed by atoms with van der Waals surface area (Å²) in [6, 6.07) is 12.5. The van der Waals surface area contributed by atoms with Crippen molar-refractivity contribution in [1.29, 1.82) is 0 Å². The third-order valence-electron chi connectivity index (χ3n) is 7.01. The Labute approximate surface area is 211 Å². The fourth-order valence-electron chi connectivity index (χ4n) is 5.02. The highest BCUT2D eigenvalue weighted by Gasteiger charge is 2.41. The minimum absolute atomic E-state index is 0.0433. The van der Waals surface area contributed by atoms with Crippen molar-refractivity contribution < 1.29 is 28.9 Å². The zero-order valence-electron chi connectivity index (χ0n) is 21.4. The first-order valence-corrected chi connectivity index (χ1v) is 12.2. The van der Waals surface area contributed by atoms with Crippen molar-refractivity contribution in [3.63, 3.8) is 0 Å². The number of esters is 1. The molecule has 3 unspecified atom stereocenters. The van der Waals surface area contributed by atoms with Crippen molar-refractivity contribution in [3.05, 3.63) is 76.1 Å². The maximum atomic E-state index is 13.7. The van der Waals surface area contributed by atoms with Crippen LogP contribution in [0.5, 0.6) is 17.2 Å². The van der Waals surface area contributed by atoms with Crippen molar-refractivity contribution in [2.24, 2.45) is 0 Å². The largest absolute Gasteiger partial charge is 0.508 e. The number of allylic oxidation sites excluding steroid dienone is 3. The van der Waals surface area contributed by atoms with Crippen LogP contribution in [0.4, 0.5) is 0 Å². The van der Waals surface area contributed by atoms with E-state index in [1.165, 1.54) is 0 Å². The number of hydrogen-bond donors (Lipinski definition) is 2. The Morgan fingerprint density at radius 2 is 1.83 bits per heavy atom. The van der Waals surface area contributed by atoms with Gasteiger partial charge in [0.15, 0.2) is 17.3 Å². The summed E-state index contributed by atoms with van der Waals surface area (Å²) in [6.45, 7) is 5.62. The second kappa shape index (κ2) is 10.5. The monoisotopic (exact) mass is 491 g/mol. The zero-order valence-corrected chi connectivity index (χ0v) is 21.4. The molecule has 0 saturated heterocycles. The molecule has 2 aromatic rings. The molecule has 36 heavy (non-hydrogen) atoms. The summed E-state index contributed by atoms with van der Waals surface area (Å²) in [6.07, 6.45) is 1.31. The summed E-state index contributed by atoms with van der Waals surface area (Å²) in [7, 11) is 3.18. The van der Waals surface area contributed by atoms with Crippen molar-refractivity contribution >= 4 is 11.8 Å². The van der Waals surface area contributed by atoms with Gasteiger partial charge in [-0.1, -0.05) is 25.1 Å². The maximum absolute atomic E-state index is 13.7. The molecule has 7 heteroatoms. The van der Waals surface area contributed by atoms with Gasteiger partial charge in [-0.3, -0.25) is 4.79 Å². The van der Waals surface area contributed by atoms with Gasteiger partial charge < -0.3 is 24.6 Å². The number of dihydropyridines is 1. The fraction of sp³-hybridized carbons (Fsp3) is 0.379. The third-order valence-corrected chi connectivity index (χ3v) is 7.01. The van der Waals surface area contributed by atoms with Gasteiger partial charge in [-0.25, -0.2) is 4.79 Å². The van der Waals surface area contributed by atoms with Gasteiger partial charge in [-0.05, 0) is 68.0 Å². The van der Waals surface area contributed by atoms with Crippen LogP contribution < -0.4 is 14.8 Å². The van der Waals surface area contributed by atoms with E-state index in [1.54, 1.807) is 32.4 Å². The molecule has 0 bridgehead atoms. The van der Waals surface area contributed by atoms with Crippen molar-refractivity contribution in [1.82, 2.24) is 5.32 Å². The lowest BCUT2D eigenvalue weighted by Crippen LogP contribution is -2.36. The lowest BCUT2D eigenvalue weighted by atomic mass is 9.71. The van der Waals surface area contributed by atoms with Crippen LogP contribution >= 0.6 is 0 Å². The Balaban J connectivity index is 1.76. The molecule has 0 saturated carbocycles. The van der Waals surface area contributed by atoms with Crippen LogP contribution in [0.25, 0.3) is 0 Å². The van der Waals surface area contributed by atoms with Gasteiger partial charge in [0, 0.05) is 29.3 Å².